The Labute approximate surface area is 145 Å². The SMILES string of the molecule is O=C(O)C(c1ccc(F)cc1)N1CCN(c2cccc(Cl)c2)CC1. The average molecular weight is 349 g/mol. The molecular weight excluding hydrogens is 331 g/mol. The Morgan fingerprint density at radius 2 is 1.75 bits per heavy atom. The first-order valence-electron chi connectivity index (χ1n) is 7.77. The molecule has 2 aromatic carbocycles. The van der Waals surface area contributed by atoms with Crippen LogP contribution in [0.3, 0.4) is 0 Å². The number of piperazine rings is 1. The number of benzene rings is 2. The topological polar surface area (TPSA) is 43.8 Å². The van der Waals surface area contributed by atoms with Crippen LogP contribution >= 0.6 is 11.6 Å². The molecule has 0 amide bonds. The lowest BCUT2D eigenvalue weighted by molar-refractivity contribution is -0.143. The molecule has 3 rings (SSSR count). The molecule has 126 valence electrons. The molecule has 1 unspecified atom stereocenters. The van der Waals surface area contributed by atoms with E-state index in [1.54, 1.807) is 0 Å². The van der Waals surface area contributed by atoms with Crippen LogP contribution in [0.1, 0.15) is 11.6 Å². The normalized spacial score (nSPS) is 16.8. The lowest BCUT2D eigenvalue weighted by Gasteiger charge is -2.39. The third kappa shape index (κ3) is 3.68. The van der Waals surface area contributed by atoms with Crippen LogP contribution in [0.4, 0.5) is 10.1 Å². The largest absolute Gasteiger partial charge is 0.480 e. The van der Waals surface area contributed by atoms with Gasteiger partial charge in [0.05, 0.1) is 0 Å². The molecule has 1 aliphatic rings. The molecular formula is C18H18ClFN2O2. The summed E-state index contributed by atoms with van der Waals surface area (Å²) in [6, 6.07) is 12.6. The van der Waals surface area contributed by atoms with E-state index in [0.29, 0.717) is 36.8 Å². The van der Waals surface area contributed by atoms with Gasteiger partial charge in [0.1, 0.15) is 11.9 Å². The number of carboxylic acids is 1. The molecule has 1 atom stereocenters. The van der Waals surface area contributed by atoms with E-state index in [1.807, 2.05) is 29.2 Å². The van der Waals surface area contributed by atoms with Crippen LogP contribution in [-0.2, 0) is 4.79 Å². The average Bonchev–Trinajstić information content (AvgIpc) is 2.57. The van der Waals surface area contributed by atoms with Gasteiger partial charge in [0.2, 0.25) is 0 Å². The molecule has 0 saturated carbocycles. The van der Waals surface area contributed by atoms with Crippen molar-refractivity contribution in [1.82, 2.24) is 4.90 Å². The van der Waals surface area contributed by atoms with Crippen LogP contribution in [0.5, 0.6) is 0 Å². The fourth-order valence-electron chi connectivity index (χ4n) is 3.07. The van der Waals surface area contributed by atoms with Gasteiger partial charge in [-0.3, -0.25) is 9.69 Å². The maximum Gasteiger partial charge on any atom is 0.325 e. The quantitative estimate of drug-likeness (QED) is 0.919. The zero-order valence-corrected chi connectivity index (χ0v) is 13.8. The minimum absolute atomic E-state index is 0.367. The van der Waals surface area contributed by atoms with E-state index in [4.69, 9.17) is 11.6 Å². The number of halogens is 2. The molecule has 0 bridgehead atoms. The van der Waals surface area contributed by atoms with Gasteiger partial charge in [-0.25, -0.2) is 4.39 Å². The summed E-state index contributed by atoms with van der Waals surface area (Å²) in [5.74, 6) is -1.29. The summed E-state index contributed by atoms with van der Waals surface area (Å²) in [5.41, 5.74) is 1.64. The molecule has 1 heterocycles. The Hall–Kier alpha value is -2.11. The van der Waals surface area contributed by atoms with E-state index in [-0.39, 0.29) is 5.82 Å². The second-order valence-corrected chi connectivity index (χ2v) is 6.23. The first-order chi connectivity index (χ1) is 11.5. The monoisotopic (exact) mass is 348 g/mol. The Kier molecular flexibility index (Phi) is 5.02. The molecule has 0 spiro atoms. The Bertz CT molecular complexity index is 715. The molecule has 1 fully saturated rings. The fraction of sp³-hybridized carbons (Fsp3) is 0.278. The summed E-state index contributed by atoms with van der Waals surface area (Å²) in [6.45, 7) is 2.65. The van der Waals surface area contributed by atoms with Crippen LogP contribution < -0.4 is 4.90 Å². The standard InChI is InChI=1S/C18H18ClFN2O2/c19-14-2-1-3-16(12-14)21-8-10-22(11-9-21)17(18(23)24)13-4-6-15(20)7-5-13/h1-7,12,17H,8-11H2,(H,23,24). The molecule has 4 nitrogen and oxygen atoms in total. The predicted molar refractivity (Wildman–Crippen MR) is 92.0 cm³/mol. The Balaban J connectivity index is 1.72. The molecule has 6 heteroatoms. The lowest BCUT2D eigenvalue weighted by Crippen LogP contribution is -2.49. The van der Waals surface area contributed by atoms with E-state index >= 15 is 0 Å². The van der Waals surface area contributed by atoms with E-state index in [9.17, 15) is 14.3 Å². The highest BCUT2D eigenvalue weighted by Crippen LogP contribution is 2.26. The van der Waals surface area contributed by atoms with Crippen LogP contribution in [0, 0.1) is 5.82 Å². The molecule has 0 radical (unpaired) electrons. The van der Waals surface area contributed by atoms with Gasteiger partial charge in [0.25, 0.3) is 0 Å². The highest BCUT2D eigenvalue weighted by molar-refractivity contribution is 6.30. The van der Waals surface area contributed by atoms with E-state index in [0.717, 1.165) is 5.69 Å². The number of carbonyl (C=O) groups is 1. The van der Waals surface area contributed by atoms with Gasteiger partial charge in [-0.1, -0.05) is 29.8 Å². The third-order valence-corrected chi connectivity index (χ3v) is 4.51. The molecule has 2 aromatic rings. The van der Waals surface area contributed by atoms with Crippen molar-refractivity contribution in [3.8, 4) is 0 Å². The van der Waals surface area contributed by atoms with Crippen molar-refractivity contribution in [1.29, 1.82) is 0 Å². The maximum absolute atomic E-state index is 13.1. The second kappa shape index (κ2) is 7.20. The van der Waals surface area contributed by atoms with Crippen molar-refractivity contribution in [3.05, 3.63) is 64.9 Å². The smallest absolute Gasteiger partial charge is 0.325 e. The lowest BCUT2D eigenvalue weighted by atomic mass is 10.0. The van der Waals surface area contributed by atoms with Crippen LogP contribution in [0.25, 0.3) is 0 Å². The zero-order valence-electron chi connectivity index (χ0n) is 13.0. The molecule has 0 aromatic heterocycles. The molecule has 1 N–H and O–H groups in total. The first kappa shape index (κ1) is 16.7. The number of anilines is 1. The Morgan fingerprint density at radius 3 is 2.33 bits per heavy atom. The van der Waals surface area contributed by atoms with E-state index < -0.39 is 12.0 Å². The minimum atomic E-state index is -0.919. The van der Waals surface area contributed by atoms with E-state index in [1.165, 1.54) is 24.3 Å². The number of nitrogens with zero attached hydrogens (tertiary/aromatic N) is 2. The highest BCUT2D eigenvalue weighted by Gasteiger charge is 2.30. The van der Waals surface area contributed by atoms with Gasteiger partial charge in [-0.15, -0.1) is 0 Å². The summed E-state index contributed by atoms with van der Waals surface area (Å²) in [6.07, 6.45) is 0. The van der Waals surface area contributed by atoms with Gasteiger partial charge < -0.3 is 10.0 Å². The predicted octanol–water partition coefficient (Wildman–Crippen LogP) is 3.43. The van der Waals surface area contributed by atoms with Crippen LogP contribution in [0.2, 0.25) is 5.02 Å². The van der Waals surface area contributed by atoms with Crippen molar-refractivity contribution in [3.63, 3.8) is 0 Å². The van der Waals surface area contributed by atoms with Gasteiger partial charge in [-0.05, 0) is 35.9 Å². The number of hydrogen-bond acceptors (Lipinski definition) is 3. The number of carboxylic acid groups (broad SMARTS) is 1. The molecule has 1 aliphatic heterocycles. The van der Waals surface area contributed by atoms with Crippen LogP contribution in [-0.4, -0.2) is 42.2 Å². The number of aliphatic carboxylic acids is 1. The van der Waals surface area contributed by atoms with Gasteiger partial charge in [-0.2, -0.15) is 0 Å². The van der Waals surface area contributed by atoms with Gasteiger partial charge >= 0.3 is 5.97 Å². The van der Waals surface area contributed by atoms with E-state index in [2.05, 4.69) is 4.90 Å². The van der Waals surface area contributed by atoms with Crippen molar-refractivity contribution in [2.45, 2.75) is 6.04 Å². The molecule has 24 heavy (non-hydrogen) atoms. The summed E-state index contributed by atoms with van der Waals surface area (Å²) < 4.78 is 13.1. The summed E-state index contributed by atoms with van der Waals surface area (Å²) in [5, 5.41) is 10.3. The Morgan fingerprint density at radius 1 is 1.08 bits per heavy atom. The molecule has 0 aliphatic carbocycles. The van der Waals surface area contributed by atoms with Crippen molar-refractivity contribution >= 4 is 23.3 Å². The number of hydrogen-bond donors (Lipinski definition) is 1. The van der Waals surface area contributed by atoms with Crippen LogP contribution in [0.15, 0.2) is 48.5 Å². The molecule has 1 saturated heterocycles. The number of rotatable bonds is 4. The highest BCUT2D eigenvalue weighted by atomic mass is 35.5. The van der Waals surface area contributed by atoms with Gasteiger partial charge in [0, 0.05) is 36.9 Å². The fourth-order valence-corrected chi connectivity index (χ4v) is 3.25. The van der Waals surface area contributed by atoms with Crippen molar-refractivity contribution in [2.75, 3.05) is 31.1 Å². The zero-order chi connectivity index (χ0) is 17.1. The van der Waals surface area contributed by atoms with Gasteiger partial charge in [0.15, 0.2) is 0 Å². The summed E-state index contributed by atoms with van der Waals surface area (Å²) >= 11 is 6.03. The second-order valence-electron chi connectivity index (χ2n) is 5.80. The van der Waals surface area contributed by atoms with Crippen molar-refractivity contribution < 1.29 is 14.3 Å². The third-order valence-electron chi connectivity index (χ3n) is 4.27. The maximum atomic E-state index is 13.1. The minimum Gasteiger partial charge on any atom is -0.480 e. The summed E-state index contributed by atoms with van der Waals surface area (Å²) in [4.78, 5) is 15.8. The first-order valence-corrected chi connectivity index (χ1v) is 8.15. The summed E-state index contributed by atoms with van der Waals surface area (Å²) in [7, 11) is 0. The van der Waals surface area contributed by atoms with Crippen molar-refractivity contribution in [2.24, 2.45) is 0 Å².